The van der Waals surface area contributed by atoms with Gasteiger partial charge in [0.2, 0.25) is 5.95 Å². The largest absolute Gasteiger partial charge is 0.277 e. The molecule has 10 aromatic carbocycles. The number of benzene rings is 10. The number of aromatic nitrogens is 3. The van der Waals surface area contributed by atoms with Crippen LogP contribution in [0.25, 0.3) is 83.3 Å². The predicted molar refractivity (Wildman–Crippen MR) is 273 cm³/mol. The van der Waals surface area contributed by atoms with Crippen molar-refractivity contribution < 1.29 is 0 Å². The minimum absolute atomic E-state index is 0.500. The maximum absolute atomic E-state index is 5.49. The van der Waals surface area contributed by atoms with E-state index < -0.39 is 10.8 Å². The molecule has 0 aliphatic heterocycles. The first kappa shape index (κ1) is 36.7. The molecule has 12 aromatic rings. The van der Waals surface area contributed by atoms with E-state index in [0.29, 0.717) is 5.95 Å². The fraction of sp³-hybridized carbons (Fsp3) is 0.0312. The van der Waals surface area contributed by atoms with Crippen molar-refractivity contribution in [3.8, 4) is 50.7 Å². The molecule has 0 bridgehead atoms. The molecule has 3 aliphatic carbocycles. The molecule has 2 heterocycles. The highest BCUT2D eigenvalue weighted by molar-refractivity contribution is 6.24. The average molecular weight is 850 g/mol. The van der Waals surface area contributed by atoms with Crippen molar-refractivity contribution >= 4 is 32.6 Å². The number of fused-ring (bicyclic) bond motifs is 22. The normalized spacial score (nSPS) is 14.2. The summed E-state index contributed by atoms with van der Waals surface area (Å²) in [5.41, 5.74) is 20.7. The first-order valence-corrected chi connectivity index (χ1v) is 23.2. The highest BCUT2D eigenvalue weighted by atomic mass is 15.2. The van der Waals surface area contributed by atoms with Gasteiger partial charge in [0.15, 0.2) is 0 Å². The van der Waals surface area contributed by atoms with Gasteiger partial charge >= 0.3 is 0 Å². The van der Waals surface area contributed by atoms with Gasteiger partial charge in [0.05, 0.1) is 33.3 Å². The highest BCUT2D eigenvalue weighted by Gasteiger charge is 2.59. The van der Waals surface area contributed by atoms with Crippen LogP contribution < -0.4 is 0 Å². The Balaban J connectivity index is 1.09. The summed E-state index contributed by atoms with van der Waals surface area (Å²) in [5.74, 6) is 0.645. The Bertz CT molecular complexity index is 3900. The number of hydrogen-bond donors (Lipinski definition) is 0. The first-order chi connectivity index (χ1) is 33.3. The van der Waals surface area contributed by atoms with E-state index in [2.05, 4.69) is 241 Å². The maximum atomic E-state index is 5.49. The lowest BCUT2D eigenvalue weighted by molar-refractivity contribution is 0.633. The van der Waals surface area contributed by atoms with Crippen molar-refractivity contribution in [2.75, 3.05) is 0 Å². The fourth-order valence-electron chi connectivity index (χ4n) is 12.9. The van der Waals surface area contributed by atoms with E-state index in [1.54, 1.807) is 0 Å². The Kier molecular flexibility index (Phi) is 7.36. The Labute approximate surface area is 388 Å². The lowest BCUT2D eigenvalue weighted by atomic mass is 9.52. The molecule has 3 aliphatic rings. The molecule has 67 heavy (non-hydrogen) atoms. The van der Waals surface area contributed by atoms with E-state index in [-0.39, 0.29) is 0 Å². The Morgan fingerprint density at radius 3 is 1.34 bits per heavy atom. The van der Waals surface area contributed by atoms with Crippen LogP contribution in [0.3, 0.4) is 0 Å². The molecule has 2 aromatic heterocycles. The molecule has 0 fully saturated rings. The highest BCUT2D eigenvalue weighted by Crippen LogP contribution is 2.68. The zero-order chi connectivity index (χ0) is 43.8. The molecule has 0 saturated heterocycles. The molecule has 310 valence electrons. The molecule has 15 rings (SSSR count). The van der Waals surface area contributed by atoms with Gasteiger partial charge in [-0.1, -0.05) is 224 Å². The molecule has 2 spiro atoms. The van der Waals surface area contributed by atoms with Gasteiger partial charge in [0.1, 0.15) is 0 Å². The number of rotatable bonds is 3. The van der Waals surface area contributed by atoms with E-state index in [4.69, 9.17) is 9.97 Å². The Morgan fingerprint density at radius 1 is 0.328 bits per heavy atom. The van der Waals surface area contributed by atoms with Crippen molar-refractivity contribution in [2.45, 2.75) is 10.8 Å². The summed E-state index contributed by atoms with van der Waals surface area (Å²) >= 11 is 0. The van der Waals surface area contributed by atoms with Gasteiger partial charge in [-0.25, -0.2) is 9.97 Å². The van der Waals surface area contributed by atoms with Crippen LogP contribution in [0.4, 0.5) is 0 Å². The standard InChI is InChI=1S/C64H39N3/c1-3-20-41(21-4-1)56-39-57(42-22-5-2-6-23-42)66-62(65-56)67-58-38-37-55-59(60(58)47-36-35-40-19-7-8-24-43(40)61(47)67)46-27-11-14-30-50(46)64(55)53-33-17-15-31-51(53)63(52-32-16-18-34-54(52)64)48-28-12-9-25-44(48)45-26-10-13-29-49(45)63/h1-39H. The smallest absolute Gasteiger partial charge is 0.235 e. The van der Waals surface area contributed by atoms with Crippen LogP contribution in [0, 0.1) is 0 Å². The molecule has 0 saturated carbocycles. The van der Waals surface area contributed by atoms with Crippen LogP contribution in [-0.2, 0) is 10.8 Å². The van der Waals surface area contributed by atoms with Gasteiger partial charge in [0.25, 0.3) is 0 Å². The molecular weight excluding hydrogens is 811 g/mol. The van der Waals surface area contributed by atoms with Gasteiger partial charge in [-0.05, 0) is 84.3 Å². The number of hydrogen-bond acceptors (Lipinski definition) is 2. The van der Waals surface area contributed by atoms with E-state index in [1.807, 2.05) is 0 Å². The lowest BCUT2D eigenvalue weighted by Crippen LogP contribution is -2.43. The fourth-order valence-corrected chi connectivity index (χ4v) is 12.9. The maximum Gasteiger partial charge on any atom is 0.235 e. The molecule has 0 unspecified atom stereocenters. The monoisotopic (exact) mass is 849 g/mol. The summed E-state index contributed by atoms with van der Waals surface area (Å²) < 4.78 is 2.35. The minimum Gasteiger partial charge on any atom is -0.277 e. The van der Waals surface area contributed by atoms with Crippen LogP contribution >= 0.6 is 0 Å². The molecule has 0 amide bonds. The van der Waals surface area contributed by atoms with E-state index >= 15 is 0 Å². The summed E-state index contributed by atoms with van der Waals surface area (Å²) in [7, 11) is 0. The summed E-state index contributed by atoms with van der Waals surface area (Å²) in [4.78, 5) is 11.0. The predicted octanol–water partition coefficient (Wildman–Crippen LogP) is 15.1. The van der Waals surface area contributed by atoms with Crippen molar-refractivity contribution in [1.82, 2.24) is 14.5 Å². The second-order valence-electron chi connectivity index (χ2n) is 18.3. The third-order valence-electron chi connectivity index (χ3n) is 15.3. The zero-order valence-electron chi connectivity index (χ0n) is 36.4. The van der Waals surface area contributed by atoms with Gasteiger partial charge in [0, 0.05) is 27.3 Å². The summed E-state index contributed by atoms with van der Waals surface area (Å²) in [6, 6.07) is 87.5. The number of nitrogens with zero attached hydrogens (tertiary/aromatic N) is 3. The Morgan fingerprint density at radius 2 is 0.776 bits per heavy atom. The van der Waals surface area contributed by atoms with Gasteiger partial charge in [-0.3, -0.25) is 4.57 Å². The van der Waals surface area contributed by atoms with Crippen molar-refractivity contribution in [2.24, 2.45) is 0 Å². The van der Waals surface area contributed by atoms with Gasteiger partial charge < -0.3 is 0 Å². The minimum atomic E-state index is -0.611. The third kappa shape index (κ3) is 4.60. The Hall–Kier alpha value is -8.66. The second kappa shape index (κ2) is 13.4. The zero-order valence-corrected chi connectivity index (χ0v) is 36.4. The van der Waals surface area contributed by atoms with E-state index in [9.17, 15) is 0 Å². The van der Waals surface area contributed by atoms with Gasteiger partial charge in [-0.2, -0.15) is 0 Å². The molecule has 0 atom stereocenters. The van der Waals surface area contributed by atoms with Crippen LogP contribution in [0.2, 0.25) is 0 Å². The average Bonchev–Trinajstić information content (AvgIpc) is 4.02. The van der Waals surface area contributed by atoms with Crippen molar-refractivity contribution in [1.29, 1.82) is 0 Å². The van der Waals surface area contributed by atoms with E-state index in [1.165, 1.54) is 82.9 Å². The molecule has 0 N–H and O–H groups in total. The molecule has 0 radical (unpaired) electrons. The van der Waals surface area contributed by atoms with Crippen molar-refractivity contribution in [3.05, 3.63) is 281 Å². The molecular formula is C64H39N3. The van der Waals surface area contributed by atoms with Crippen molar-refractivity contribution in [3.63, 3.8) is 0 Å². The van der Waals surface area contributed by atoms with Crippen LogP contribution in [0.15, 0.2) is 237 Å². The van der Waals surface area contributed by atoms with Crippen LogP contribution in [0.5, 0.6) is 0 Å². The van der Waals surface area contributed by atoms with Gasteiger partial charge in [-0.15, -0.1) is 0 Å². The van der Waals surface area contributed by atoms with Crippen LogP contribution in [0.1, 0.15) is 44.5 Å². The lowest BCUT2D eigenvalue weighted by Gasteiger charge is -2.48. The summed E-state index contributed by atoms with van der Waals surface area (Å²) in [6.07, 6.45) is 0. The first-order valence-electron chi connectivity index (χ1n) is 23.2. The second-order valence-corrected chi connectivity index (χ2v) is 18.3. The van der Waals surface area contributed by atoms with E-state index in [0.717, 1.165) is 38.9 Å². The quantitative estimate of drug-likeness (QED) is 0.177. The molecule has 3 nitrogen and oxygen atoms in total. The third-order valence-corrected chi connectivity index (χ3v) is 15.3. The SMILES string of the molecule is c1ccc(-c2cc(-c3ccccc3)nc(-n3c4ccc5c(c4c4ccc6ccccc6c43)-c3ccccc3C53c4ccccc4C4(c5ccccc5-c5ccccc54)c4ccccc43)n2)cc1. The summed E-state index contributed by atoms with van der Waals surface area (Å²) in [5, 5.41) is 4.73. The topological polar surface area (TPSA) is 30.7 Å². The summed E-state index contributed by atoms with van der Waals surface area (Å²) in [6.45, 7) is 0. The molecule has 3 heteroatoms. The van der Waals surface area contributed by atoms with Crippen LogP contribution in [-0.4, -0.2) is 14.5 Å².